The number of carbonyl (C=O) groups is 2. The maximum atomic E-state index is 12.9. The van der Waals surface area contributed by atoms with Gasteiger partial charge >= 0.3 is 18.2 Å². The van der Waals surface area contributed by atoms with Gasteiger partial charge in [-0.1, -0.05) is 0 Å². The van der Waals surface area contributed by atoms with Crippen LogP contribution in [0.3, 0.4) is 0 Å². The number of urea groups is 1. The molecule has 126 valence electrons. The van der Waals surface area contributed by atoms with E-state index in [1.165, 1.54) is 0 Å². The minimum absolute atomic E-state index is 0.0403. The van der Waals surface area contributed by atoms with Crippen molar-refractivity contribution in [3.05, 3.63) is 0 Å². The molecule has 2 rings (SSSR count). The van der Waals surface area contributed by atoms with Crippen LogP contribution in [0.25, 0.3) is 0 Å². The van der Waals surface area contributed by atoms with Crippen LogP contribution < -0.4 is 5.32 Å². The molecule has 2 amide bonds. The summed E-state index contributed by atoms with van der Waals surface area (Å²) in [6.45, 7) is -1.04. The minimum Gasteiger partial charge on any atom is -0.481 e. The molecule has 1 aliphatic heterocycles. The Balaban J connectivity index is 1.95. The van der Waals surface area contributed by atoms with Crippen molar-refractivity contribution in [2.45, 2.75) is 37.6 Å². The normalized spacial score (nSPS) is 32.3. The van der Waals surface area contributed by atoms with Gasteiger partial charge in [0.15, 0.2) is 0 Å². The molecule has 2 N–H and O–H groups in total. The lowest BCUT2D eigenvalue weighted by Crippen LogP contribution is -2.43. The fourth-order valence-electron chi connectivity index (χ4n) is 3.10. The number of nitrogens with one attached hydrogen (secondary N) is 1. The summed E-state index contributed by atoms with van der Waals surface area (Å²) < 4.78 is 43.8. The van der Waals surface area contributed by atoms with Gasteiger partial charge in [0.1, 0.15) is 0 Å². The number of nitrogens with zero attached hydrogens (tertiary/aromatic N) is 1. The molecule has 4 atom stereocenters. The largest absolute Gasteiger partial charge is 0.481 e. The summed E-state index contributed by atoms with van der Waals surface area (Å²) in [5.74, 6) is -5.16. The summed E-state index contributed by atoms with van der Waals surface area (Å²) in [6.07, 6.45) is -2.50. The van der Waals surface area contributed by atoms with Gasteiger partial charge in [0.05, 0.1) is 17.9 Å². The Morgan fingerprint density at radius 1 is 1.27 bits per heavy atom. The van der Waals surface area contributed by atoms with Crippen LogP contribution in [-0.2, 0) is 9.53 Å². The summed E-state index contributed by atoms with van der Waals surface area (Å²) in [6, 6.07) is -0.787. The Morgan fingerprint density at radius 3 is 2.41 bits per heavy atom. The highest BCUT2D eigenvalue weighted by atomic mass is 19.4. The van der Waals surface area contributed by atoms with Gasteiger partial charge in [-0.15, -0.1) is 0 Å². The number of rotatable bonds is 3. The molecule has 22 heavy (non-hydrogen) atoms. The third kappa shape index (κ3) is 3.63. The zero-order valence-electron chi connectivity index (χ0n) is 12.1. The number of alkyl halides is 3. The Kier molecular flexibility index (Phi) is 4.84. The first-order valence-corrected chi connectivity index (χ1v) is 7.10. The number of halogens is 3. The number of hydrogen-bond acceptors (Lipinski definition) is 3. The smallest absolute Gasteiger partial charge is 0.394 e. The van der Waals surface area contributed by atoms with Crippen molar-refractivity contribution in [2.75, 3.05) is 20.2 Å². The van der Waals surface area contributed by atoms with E-state index in [1.807, 2.05) is 0 Å². The van der Waals surface area contributed by atoms with Crippen molar-refractivity contribution in [1.82, 2.24) is 10.2 Å². The molecule has 1 aliphatic carbocycles. The molecule has 0 bridgehead atoms. The summed E-state index contributed by atoms with van der Waals surface area (Å²) >= 11 is 0. The van der Waals surface area contributed by atoms with Gasteiger partial charge in [0.2, 0.25) is 0 Å². The van der Waals surface area contributed by atoms with E-state index in [-0.39, 0.29) is 12.1 Å². The van der Waals surface area contributed by atoms with Gasteiger partial charge in [-0.25, -0.2) is 4.79 Å². The van der Waals surface area contributed by atoms with Crippen LogP contribution in [0.5, 0.6) is 0 Å². The minimum atomic E-state index is -4.63. The molecule has 0 radical (unpaired) electrons. The molecule has 6 nitrogen and oxygen atoms in total. The lowest BCUT2D eigenvalue weighted by Gasteiger charge is -2.21. The lowest BCUT2D eigenvalue weighted by atomic mass is 9.96. The Bertz CT molecular complexity index is 443. The highest BCUT2D eigenvalue weighted by Crippen LogP contribution is 2.37. The number of amides is 2. The quantitative estimate of drug-likeness (QED) is 0.824. The molecule has 0 spiro atoms. The highest BCUT2D eigenvalue weighted by Gasteiger charge is 2.53. The van der Waals surface area contributed by atoms with Gasteiger partial charge < -0.3 is 20.1 Å². The number of ether oxygens (including phenoxy) is 1. The number of aliphatic carboxylic acids is 1. The molecule has 1 saturated heterocycles. The summed E-state index contributed by atoms with van der Waals surface area (Å²) in [5, 5.41) is 11.6. The van der Waals surface area contributed by atoms with Gasteiger partial charge in [-0.2, -0.15) is 13.2 Å². The van der Waals surface area contributed by atoms with Gasteiger partial charge in [-0.3, -0.25) is 4.79 Å². The first-order valence-electron chi connectivity index (χ1n) is 7.10. The van der Waals surface area contributed by atoms with Crippen molar-refractivity contribution in [3.63, 3.8) is 0 Å². The average Bonchev–Trinajstić information content (AvgIpc) is 3.03. The molecule has 0 aromatic rings. The number of likely N-dealkylation sites (tertiary alicyclic amines) is 1. The molecule has 1 saturated carbocycles. The molecule has 2 fully saturated rings. The van der Waals surface area contributed by atoms with E-state index in [0.717, 1.165) is 11.3 Å². The van der Waals surface area contributed by atoms with E-state index in [2.05, 4.69) is 5.32 Å². The molecule has 1 heterocycles. The van der Waals surface area contributed by atoms with Crippen molar-refractivity contribution in [2.24, 2.45) is 11.8 Å². The van der Waals surface area contributed by atoms with Gasteiger partial charge in [0, 0.05) is 26.2 Å². The van der Waals surface area contributed by atoms with Crippen molar-refractivity contribution in [1.29, 1.82) is 0 Å². The maximum Gasteiger partial charge on any atom is 0.394 e. The first-order chi connectivity index (χ1) is 10.2. The molecule has 2 aliphatic rings. The van der Waals surface area contributed by atoms with Crippen molar-refractivity contribution >= 4 is 12.0 Å². The molecule has 0 aromatic heterocycles. The fourth-order valence-corrected chi connectivity index (χ4v) is 3.10. The lowest BCUT2D eigenvalue weighted by molar-refractivity contribution is -0.187. The van der Waals surface area contributed by atoms with Crippen LogP contribution in [0.2, 0.25) is 0 Å². The van der Waals surface area contributed by atoms with E-state index in [4.69, 9.17) is 9.84 Å². The molecular formula is C13H19F3N2O4. The molecular weight excluding hydrogens is 305 g/mol. The summed E-state index contributed by atoms with van der Waals surface area (Å²) in [4.78, 5) is 24.0. The SMILES string of the molecule is COC1CCC(NC(=O)N2C[C@@H](C(F)(F)F)[C@H](C(=O)O)C2)C1. The second kappa shape index (κ2) is 6.31. The Labute approximate surface area is 125 Å². The Morgan fingerprint density at radius 2 is 1.95 bits per heavy atom. The average molecular weight is 324 g/mol. The second-order valence-corrected chi connectivity index (χ2v) is 5.81. The van der Waals surface area contributed by atoms with Crippen LogP contribution >= 0.6 is 0 Å². The Hall–Kier alpha value is -1.51. The monoisotopic (exact) mass is 324 g/mol. The zero-order valence-corrected chi connectivity index (χ0v) is 12.1. The molecule has 9 heteroatoms. The third-order valence-electron chi connectivity index (χ3n) is 4.39. The first kappa shape index (κ1) is 16.9. The summed E-state index contributed by atoms with van der Waals surface area (Å²) in [7, 11) is 1.57. The number of hydrogen-bond donors (Lipinski definition) is 2. The van der Waals surface area contributed by atoms with Gasteiger partial charge in [0.25, 0.3) is 0 Å². The van der Waals surface area contributed by atoms with Crippen LogP contribution in [0.15, 0.2) is 0 Å². The third-order valence-corrected chi connectivity index (χ3v) is 4.39. The second-order valence-electron chi connectivity index (χ2n) is 5.81. The van der Waals surface area contributed by atoms with Crippen molar-refractivity contribution < 1.29 is 32.6 Å². The van der Waals surface area contributed by atoms with Crippen molar-refractivity contribution in [3.8, 4) is 0 Å². The molecule has 2 unspecified atom stereocenters. The zero-order chi connectivity index (χ0) is 16.5. The maximum absolute atomic E-state index is 12.9. The number of carbonyl (C=O) groups excluding carboxylic acids is 1. The van der Waals surface area contributed by atoms with E-state index < -0.39 is 43.1 Å². The number of carboxylic acids is 1. The summed E-state index contributed by atoms with van der Waals surface area (Å²) in [5.41, 5.74) is 0. The van der Waals surface area contributed by atoms with Gasteiger partial charge in [-0.05, 0) is 19.3 Å². The molecule has 0 aromatic carbocycles. The highest BCUT2D eigenvalue weighted by molar-refractivity contribution is 5.78. The van der Waals surface area contributed by atoms with Crippen LogP contribution in [0.1, 0.15) is 19.3 Å². The van der Waals surface area contributed by atoms with Crippen LogP contribution in [0.4, 0.5) is 18.0 Å². The van der Waals surface area contributed by atoms with E-state index in [9.17, 15) is 22.8 Å². The van der Waals surface area contributed by atoms with Crippen LogP contribution in [0, 0.1) is 11.8 Å². The fraction of sp³-hybridized carbons (Fsp3) is 0.846. The van der Waals surface area contributed by atoms with E-state index >= 15 is 0 Å². The van der Waals surface area contributed by atoms with E-state index in [0.29, 0.717) is 12.8 Å². The van der Waals surface area contributed by atoms with Crippen LogP contribution in [-0.4, -0.2) is 60.5 Å². The predicted molar refractivity (Wildman–Crippen MR) is 69.2 cm³/mol. The number of carboxylic acid groups (broad SMARTS) is 1. The predicted octanol–water partition coefficient (Wildman–Crippen LogP) is 1.46. The topological polar surface area (TPSA) is 78.9 Å². The standard InChI is InChI=1S/C13H19F3N2O4/c1-22-8-3-2-7(4-8)17-12(21)18-5-9(11(19)20)10(6-18)13(14,15)16/h7-10H,2-6H2,1H3,(H,17,21)(H,19,20)/t7?,8?,9-,10-/m1/s1. The number of methoxy groups -OCH3 is 1. The van der Waals surface area contributed by atoms with E-state index in [1.54, 1.807) is 7.11 Å².